The highest BCUT2D eigenvalue weighted by Crippen LogP contribution is 2.34. The van der Waals surface area contributed by atoms with Crippen LogP contribution in [0.15, 0.2) is 60.7 Å². The molecule has 0 aliphatic carbocycles. The van der Waals surface area contributed by atoms with Crippen LogP contribution in [0.5, 0.6) is 0 Å². The number of benzene rings is 2. The molecule has 4 rings (SSSR count). The van der Waals surface area contributed by atoms with E-state index in [1.54, 1.807) is 4.90 Å². The van der Waals surface area contributed by atoms with Crippen molar-refractivity contribution in [3.05, 3.63) is 71.8 Å². The van der Waals surface area contributed by atoms with Crippen molar-refractivity contribution < 1.29 is 14.3 Å². The van der Waals surface area contributed by atoms with Gasteiger partial charge in [-0.1, -0.05) is 60.7 Å². The normalized spacial score (nSPS) is 21.6. The molecular formula is C25H31N3O3. The highest BCUT2D eigenvalue weighted by molar-refractivity contribution is 5.78. The lowest BCUT2D eigenvalue weighted by atomic mass is 10.0. The molecule has 1 unspecified atom stereocenters. The molecule has 2 aromatic rings. The molecule has 6 nitrogen and oxygen atoms in total. The molecule has 2 fully saturated rings. The Kier molecular flexibility index (Phi) is 6.44. The fourth-order valence-electron chi connectivity index (χ4n) is 4.65. The van der Waals surface area contributed by atoms with Gasteiger partial charge in [-0.05, 0) is 37.8 Å². The number of likely N-dealkylation sites (tertiary alicyclic amines) is 1. The zero-order valence-corrected chi connectivity index (χ0v) is 18.3. The van der Waals surface area contributed by atoms with Gasteiger partial charge in [0, 0.05) is 25.7 Å². The third kappa shape index (κ3) is 4.68. The zero-order valence-electron chi connectivity index (χ0n) is 18.3. The molecule has 2 heterocycles. The summed E-state index contributed by atoms with van der Waals surface area (Å²) in [5.41, 5.74) is 2.12. The summed E-state index contributed by atoms with van der Waals surface area (Å²) in [5.74, 6) is 0. The van der Waals surface area contributed by atoms with Crippen LogP contribution in [0.2, 0.25) is 0 Å². The van der Waals surface area contributed by atoms with Gasteiger partial charge in [0.25, 0.3) is 0 Å². The smallest absolute Gasteiger partial charge is 0.410 e. The maximum atomic E-state index is 13.3. The largest absolute Gasteiger partial charge is 0.445 e. The predicted molar refractivity (Wildman–Crippen MR) is 119 cm³/mol. The number of rotatable bonds is 5. The van der Waals surface area contributed by atoms with Crippen molar-refractivity contribution in [2.75, 3.05) is 19.6 Å². The summed E-state index contributed by atoms with van der Waals surface area (Å²) in [7, 11) is 0. The number of nitrogens with zero attached hydrogens (tertiary/aromatic N) is 3. The average Bonchev–Trinajstić information content (AvgIpc) is 3.16. The number of hydrogen-bond donors (Lipinski definition) is 0. The molecule has 0 spiro atoms. The number of urea groups is 1. The molecule has 164 valence electrons. The number of hydrogen-bond acceptors (Lipinski definition) is 3. The predicted octanol–water partition coefficient (Wildman–Crippen LogP) is 4.67. The van der Waals surface area contributed by atoms with Crippen molar-refractivity contribution in [3.63, 3.8) is 0 Å². The van der Waals surface area contributed by atoms with Crippen LogP contribution in [-0.4, -0.2) is 58.5 Å². The lowest BCUT2D eigenvalue weighted by Gasteiger charge is -2.37. The molecule has 0 saturated carbocycles. The molecule has 3 amide bonds. The van der Waals surface area contributed by atoms with E-state index in [0.29, 0.717) is 19.6 Å². The fourth-order valence-corrected chi connectivity index (χ4v) is 4.65. The minimum absolute atomic E-state index is 0.0143. The molecule has 2 aliphatic rings. The third-order valence-electron chi connectivity index (χ3n) is 6.21. The molecule has 31 heavy (non-hydrogen) atoms. The third-order valence-corrected chi connectivity index (χ3v) is 6.21. The van der Waals surface area contributed by atoms with E-state index < -0.39 is 0 Å². The lowest BCUT2D eigenvalue weighted by Crippen LogP contribution is -2.51. The first-order chi connectivity index (χ1) is 15.0. The number of amides is 3. The van der Waals surface area contributed by atoms with Crippen LogP contribution in [0.1, 0.15) is 43.9 Å². The Morgan fingerprint density at radius 2 is 1.71 bits per heavy atom. The second-order valence-corrected chi connectivity index (χ2v) is 8.64. The van der Waals surface area contributed by atoms with Crippen molar-refractivity contribution in [3.8, 4) is 0 Å². The first-order valence-electron chi connectivity index (χ1n) is 11.1. The lowest BCUT2D eigenvalue weighted by molar-refractivity contribution is 0.0700. The van der Waals surface area contributed by atoms with Gasteiger partial charge in [-0.15, -0.1) is 0 Å². The second kappa shape index (κ2) is 9.41. The molecule has 0 radical (unpaired) electrons. The second-order valence-electron chi connectivity index (χ2n) is 8.64. The Balaban J connectivity index is 1.42. The van der Waals surface area contributed by atoms with E-state index in [4.69, 9.17) is 4.74 Å². The van der Waals surface area contributed by atoms with E-state index in [1.807, 2.05) is 58.3 Å². The van der Waals surface area contributed by atoms with Crippen LogP contribution in [0.25, 0.3) is 0 Å². The van der Waals surface area contributed by atoms with Gasteiger partial charge in [-0.2, -0.15) is 0 Å². The summed E-state index contributed by atoms with van der Waals surface area (Å²) in [6, 6.07) is 20.1. The molecule has 2 saturated heterocycles. The first kappa shape index (κ1) is 21.2. The Labute approximate surface area is 184 Å². The highest BCUT2D eigenvalue weighted by atomic mass is 16.6. The van der Waals surface area contributed by atoms with Crippen LogP contribution in [0.4, 0.5) is 9.59 Å². The summed E-state index contributed by atoms with van der Waals surface area (Å²) in [4.78, 5) is 31.7. The van der Waals surface area contributed by atoms with Crippen molar-refractivity contribution >= 4 is 12.1 Å². The molecule has 0 bridgehead atoms. The van der Waals surface area contributed by atoms with Gasteiger partial charge in [0.15, 0.2) is 0 Å². The molecule has 0 N–H and O–H groups in total. The van der Waals surface area contributed by atoms with E-state index in [2.05, 4.69) is 26.0 Å². The monoisotopic (exact) mass is 421 g/mol. The summed E-state index contributed by atoms with van der Waals surface area (Å²) < 4.78 is 5.53. The zero-order chi connectivity index (χ0) is 21.8. The topological polar surface area (TPSA) is 53.1 Å². The van der Waals surface area contributed by atoms with Gasteiger partial charge >= 0.3 is 12.1 Å². The Morgan fingerprint density at radius 3 is 2.39 bits per heavy atom. The van der Waals surface area contributed by atoms with Gasteiger partial charge in [0.1, 0.15) is 6.61 Å². The van der Waals surface area contributed by atoms with E-state index in [1.165, 1.54) is 0 Å². The molecule has 2 aliphatic heterocycles. The molecular weight excluding hydrogens is 390 g/mol. The number of carbonyl (C=O) groups is 2. The molecule has 6 heteroatoms. The standard InChI is InChI=1S/C25H31N3O3/c1-19(2)28-23(21-12-7-4-8-13-21)17-27(24(28)29)22-14-9-15-26(16-22)25(30)31-18-20-10-5-3-6-11-20/h3-8,10-13,19,22-23H,9,14-18H2,1-2H3/t22-,23?/m0/s1. The van der Waals surface area contributed by atoms with Gasteiger partial charge in [-0.3, -0.25) is 0 Å². The average molecular weight is 422 g/mol. The van der Waals surface area contributed by atoms with Crippen molar-refractivity contribution in [2.24, 2.45) is 0 Å². The van der Waals surface area contributed by atoms with Crippen LogP contribution in [-0.2, 0) is 11.3 Å². The fraction of sp³-hybridized carbons (Fsp3) is 0.440. The number of carbonyl (C=O) groups excluding carboxylic acids is 2. The number of piperidine rings is 1. The van der Waals surface area contributed by atoms with Crippen LogP contribution in [0, 0.1) is 0 Å². The van der Waals surface area contributed by atoms with Gasteiger partial charge in [0.05, 0.1) is 12.1 Å². The van der Waals surface area contributed by atoms with E-state index in [0.717, 1.165) is 24.0 Å². The van der Waals surface area contributed by atoms with Crippen LogP contribution < -0.4 is 0 Å². The summed E-state index contributed by atoms with van der Waals surface area (Å²) in [6.45, 7) is 6.23. The summed E-state index contributed by atoms with van der Waals surface area (Å²) >= 11 is 0. The maximum absolute atomic E-state index is 13.3. The Bertz CT molecular complexity index is 887. The van der Waals surface area contributed by atoms with Gasteiger partial charge in [-0.25, -0.2) is 9.59 Å². The summed E-state index contributed by atoms with van der Waals surface area (Å²) in [5, 5.41) is 0. The molecule has 2 atom stereocenters. The number of ether oxygens (including phenoxy) is 1. The van der Waals surface area contributed by atoms with Crippen molar-refractivity contribution in [2.45, 2.75) is 51.4 Å². The van der Waals surface area contributed by atoms with Crippen LogP contribution >= 0.6 is 0 Å². The van der Waals surface area contributed by atoms with Crippen molar-refractivity contribution in [1.29, 1.82) is 0 Å². The van der Waals surface area contributed by atoms with Crippen LogP contribution in [0.3, 0.4) is 0 Å². The van der Waals surface area contributed by atoms with Gasteiger partial charge in [0.2, 0.25) is 0 Å². The van der Waals surface area contributed by atoms with E-state index in [-0.39, 0.29) is 36.9 Å². The molecule has 0 aromatic heterocycles. The quantitative estimate of drug-likeness (QED) is 0.705. The van der Waals surface area contributed by atoms with Crippen molar-refractivity contribution in [1.82, 2.24) is 14.7 Å². The molecule has 2 aromatic carbocycles. The first-order valence-corrected chi connectivity index (χ1v) is 11.1. The minimum Gasteiger partial charge on any atom is -0.445 e. The van der Waals surface area contributed by atoms with E-state index >= 15 is 0 Å². The highest BCUT2D eigenvalue weighted by Gasteiger charge is 2.43. The van der Waals surface area contributed by atoms with E-state index in [9.17, 15) is 9.59 Å². The summed E-state index contributed by atoms with van der Waals surface area (Å²) in [6.07, 6.45) is 1.47. The maximum Gasteiger partial charge on any atom is 0.410 e. The Hall–Kier alpha value is -3.02. The Morgan fingerprint density at radius 1 is 1.03 bits per heavy atom. The van der Waals surface area contributed by atoms with Gasteiger partial charge < -0.3 is 19.4 Å². The minimum atomic E-state index is -0.305. The SMILES string of the molecule is CC(C)N1C(=O)N([C@H]2CCCN(C(=O)OCc3ccccc3)C2)CC1c1ccccc1.